The number of rotatable bonds is 0. The molecule has 0 aromatic rings. The third-order valence-electron chi connectivity index (χ3n) is 1.36. The van der Waals surface area contributed by atoms with E-state index < -0.39 is 10.2 Å². The summed E-state index contributed by atoms with van der Waals surface area (Å²) in [5, 5.41) is 0. The highest BCUT2D eigenvalue weighted by Gasteiger charge is 2.33. The van der Waals surface area contributed by atoms with Crippen LogP contribution in [-0.4, -0.2) is 18.2 Å². The van der Waals surface area contributed by atoms with Gasteiger partial charge in [0.05, 0.1) is 6.92 Å². The van der Waals surface area contributed by atoms with Crippen molar-refractivity contribution in [2.45, 2.75) is 33.0 Å². The van der Waals surface area contributed by atoms with Crippen LogP contribution < -0.4 is 18.6 Å². The molecule has 2 atom stereocenters. The van der Waals surface area contributed by atoms with Gasteiger partial charge in [0.1, 0.15) is 0 Å². The van der Waals surface area contributed by atoms with Gasteiger partial charge in [-0.15, -0.1) is 10.2 Å². The highest BCUT2D eigenvalue weighted by atomic mass is 35.7. The number of carbonyl (C=O) groups excluding carboxylic acids is 1. The quantitative estimate of drug-likeness (QED) is 0.302. The Kier molecular flexibility index (Phi) is 4.58. The van der Waals surface area contributed by atoms with Gasteiger partial charge in [0.2, 0.25) is 0 Å². The van der Waals surface area contributed by atoms with Gasteiger partial charge in [-0.25, -0.2) is 18.6 Å². The highest BCUT2D eigenvalue weighted by Crippen LogP contribution is 2.06. The van der Waals surface area contributed by atoms with E-state index in [-0.39, 0.29) is 12.2 Å². The van der Waals surface area contributed by atoms with E-state index >= 15 is 0 Å². The first-order valence-corrected chi connectivity index (χ1v) is 4.72. The van der Waals surface area contributed by atoms with Gasteiger partial charge in [-0.1, -0.05) is 0 Å². The van der Waals surface area contributed by atoms with Crippen molar-refractivity contribution in [1.82, 2.24) is 0 Å². The molecule has 0 saturated heterocycles. The van der Waals surface area contributed by atoms with Crippen LogP contribution in [0.25, 0.3) is 0 Å². The Labute approximate surface area is 77.8 Å². The second-order valence-corrected chi connectivity index (χ2v) is 3.27. The van der Waals surface area contributed by atoms with Gasteiger partial charge in [-0.2, -0.15) is 0 Å². The highest BCUT2D eigenvalue weighted by molar-refractivity contribution is 5.67. The van der Waals surface area contributed by atoms with Gasteiger partial charge < -0.3 is 9.16 Å². The lowest BCUT2D eigenvalue weighted by Crippen LogP contribution is -2.68. The minimum Gasteiger partial charge on any atom is -0.312 e. The van der Waals surface area contributed by atoms with E-state index in [0.29, 0.717) is 5.97 Å². The van der Waals surface area contributed by atoms with Crippen molar-refractivity contribution < 1.29 is 38.0 Å². The summed E-state index contributed by atoms with van der Waals surface area (Å²) in [6, 6.07) is 0. The van der Waals surface area contributed by atoms with Crippen molar-refractivity contribution in [3.8, 4) is 0 Å². The fourth-order valence-electron chi connectivity index (χ4n) is 0.743. The number of esters is 1. The lowest BCUT2D eigenvalue weighted by atomic mass is 10.3. The maximum Gasteiger partial charge on any atom is 0.482 e. The van der Waals surface area contributed by atoms with Crippen LogP contribution >= 0.6 is 0 Å². The molecule has 0 amide bonds. The molecule has 0 N–H and O–H groups in total. The van der Waals surface area contributed by atoms with E-state index in [0.717, 1.165) is 0 Å². The van der Waals surface area contributed by atoms with Crippen molar-refractivity contribution >= 4 is 5.97 Å². The van der Waals surface area contributed by atoms with Crippen LogP contribution in [0.15, 0.2) is 0 Å². The van der Waals surface area contributed by atoms with Crippen molar-refractivity contribution in [2.75, 3.05) is 0 Å². The summed E-state index contributed by atoms with van der Waals surface area (Å²) in [6.45, 7) is 5.84. The van der Waals surface area contributed by atoms with Crippen LogP contribution in [0, 0.1) is 10.2 Å². The van der Waals surface area contributed by atoms with Crippen LogP contribution in [-0.2, 0) is 9.16 Å². The molecule has 0 aromatic carbocycles. The maximum absolute atomic E-state index is 8.49. The van der Waals surface area contributed by atoms with Crippen molar-refractivity contribution in [2.24, 2.45) is 0 Å². The van der Waals surface area contributed by atoms with E-state index in [2.05, 4.69) is 0 Å². The van der Waals surface area contributed by atoms with E-state index in [1.165, 1.54) is 0 Å². The summed E-state index contributed by atoms with van der Waals surface area (Å²) < 4.78 is 44.3. The number of hydrogen-bond acceptors (Lipinski definition) is 5. The summed E-state index contributed by atoms with van der Waals surface area (Å²) in [7, 11) is -4.94. The lowest BCUT2D eigenvalue weighted by molar-refractivity contribution is -2.00. The number of hydrogen-bond donors (Lipinski definition) is 0. The molecule has 1 heterocycles. The van der Waals surface area contributed by atoms with Gasteiger partial charge in [0.15, 0.2) is 0 Å². The first-order valence-electron chi connectivity index (χ1n) is 3.48. The Balaban J connectivity index is 0.000000252. The maximum atomic E-state index is 8.49. The van der Waals surface area contributed by atoms with Gasteiger partial charge in [-0.05, 0) is 0 Å². The Hall–Kier alpha value is -0.400. The molecule has 1 rings (SSSR count). The number of cyclic esters (lactones) is 1. The largest absolute Gasteiger partial charge is 0.482 e. The summed E-state index contributed by atoms with van der Waals surface area (Å²) in [5.41, 5.74) is 0. The molecule has 2 unspecified atom stereocenters. The molecule has 0 aromatic heterocycles. The summed E-state index contributed by atoms with van der Waals surface area (Å²) in [6.07, 6.45) is 0.463. The zero-order valence-electron chi connectivity index (χ0n) is 7.48. The van der Waals surface area contributed by atoms with Gasteiger partial charge in [0, 0.05) is 13.8 Å². The van der Waals surface area contributed by atoms with Crippen LogP contribution in [0.2, 0.25) is 0 Å². The first kappa shape index (κ1) is 12.6. The van der Waals surface area contributed by atoms with Crippen LogP contribution in [0.4, 0.5) is 0 Å². The molecule has 78 valence electrons. The molecule has 0 bridgehead atoms. The third-order valence-corrected chi connectivity index (χ3v) is 1.36. The second kappa shape index (κ2) is 4.73. The predicted molar refractivity (Wildman–Crippen MR) is 30.7 cm³/mol. The molecular weight excluding hydrogens is 204 g/mol. The smallest absolute Gasteiger partial charge is 0.312 e. The SMILES string of the molecule is CC1=[O+]C(C)C(C)O1.[O-][Cl+3]([O-])([O-])[O-]. The molecule has 0 aliphatic carbocycles. The van der Waals surface area contributed by atoms with E-state index in [9.17, 15) is 0 Å². The van der Waals surface area contributed by atoms with E-state index in [1.54, 1.807) is 0 Å². The normalized spacial score (nSPS) is 27.2. The van der Waals surface area contributed by atoms with Crippen molar-refractivity contribution in [3.05, 3.63) is 0 Å². The summed E-state index contributed by atoms with van der Waals surface area (Å²) in [5.74, 6) is 0.699. The average molecular weight is 215 g/mol. The second-order valence-electron chi connectivity index (χ2n) is 2.52. The summed E-state index contributed by atoms with van der Waals surface area (Å²) in [4.78, 5) is 0. The van der Waals surface area contributed by atoms with Gasteiger partial charge in [-0.3, -0.25) is 0 Å². The standard InChI is InChI=1S/C6H11O2.ClHO4/c1-4-5(2)8-6(3)7-4;2-1(3,4)5/h4-5H,1-3H3;(H,2,3,4,5)/q+1;/p-1. The molecular formula is C6H11ClO6. The fraction of sp³-hybridized carbons (Fsp3) is 0.833. The lowest BCUT2D eigenvalue weighted by Gasteiger charge is -2.17. The molecule has 7 heteroatoms. The molecule has 13 heavy (non-hydrogen) atoms. The molecule has 0 fully saturated rings. The fourth-order valence-corrected chi connectivity index (χ4v) is 0.743. The number of halogens is 1. The Morgan fingerprint density at radius 3 is 1.69 bits per heavy atom. The van der Waals surface area contributed by atoms with E-state index in [1.807, 2.05) is 20.8 Å². The average Bonchev–Trinajstić information content (AvgIpc) is 2.05. The molecule has 1 aliphatic heterocycles. The topological polar surface area (TPSA) is 113 Å². The van der Waals surface area contributed by atoms with Crippen molar-refractivity contribution in [3.63, 3.8) is 0 Å². The van der Waals surface area contributed by atoms with Crippen LogP contribution in [0.5, 0.6) is 0 Å². The zero-order chi connectivity index (χ0) is 10.6. The monoisotopic (exact) mass is 214 g/mol. The molecule has 0 saturated carbocycles. The minimum absolute atomic E-state index is 0.231. The predicted octanol–water partition coefficient (Wildman–Crippen LogP) is -3.88. The Bertz CT molecular complexity index is 180. The molecule has 0 radical (unpaired) electrons. The molecule has 1 aliphatic rings. The summed E-state index contributed by atoms with van der Waals surface area (Å²) >= 11 is 0. The molecule has 6 nitrogen and oxygen atoms in total. The van der Waals surface area contributed by atoms with Crippen LogP contribution in [0.1, 0.15) is 20.8 Å². The third kappa shape index (κ3) is 7.94. The molecule has 0 spiro atoms. The van der Waals surface area contributed by atoms with Gasteiger partial charge >= 0.3 is 5.97 Å². The zero-order valence-corrected chi connectivity index (χ0v) is 8.24. The van der Waals surface area contributed by atoms with Crippen LogP contribution in [0.3, 0.4) is 0 Å². The Morgan fingerprint density at radius 1 is 1.23 bits per heavy atom. The number of ether oxygens (including phenoxy) is 1. The van der Waals surface area contributed by atoms with Crippen molar-refractivity contribution in [1.29, 1.82) is 0 Å². The minimum atomic E-state index is -4.94. The van der Waals surface area contributed by atoms with E-state index in [4.69, 9.17) is 27.8 Å². The Morgan fingerprint density at radius 2 is 1.62 bits per heavy atom. The first-order chi connectivity index (χ1) is 5.70. The van der Waals surface area contributed by atoms with Gasteiger partial charge in [0.25, 0.3) is 12.2 Å².